The smallest absolute Gasteiger partial charge is 0.269 e. The van der Waals surface area contributed by atoms with Crippen LogP contribution in [0, 0.1) is 16.0 Å². The van der Waals surface area contributed by atoms with Gasteiger partial charge in [0.25, 0.3) is 5.69 Å². The van der Waals surface area contributed by atoms with E-state index in [0.717, 1.165) is 49.3 Å². The summed E-state index contributed by atoms with van der Waals surface area (Å²) >= 11 is 0. The number of hydrogen-bond donors (Lipinski definition) is 1. The average Bonchev–Trinajstić information content (AvgIpc) is 2.77. The first-order valence-electron chi connectivity index (χ1n) is 10.0. The van der Waals surface area contributed by atoms with Crippen molar-refractivity contribution in [3.8, 4) is 0 Å². The van der Waals surface area contributed by atoms with Gasteiger partial charge in [-0.3, -0.25) is 19.8 Å². The van der Waals surface area contributed by atoms with Crippen LogP contribution in [0.5, 0.6) is 0 Å². The Kier molecular flexibility index (Phi) is 7.45. The van der Waals surface area contributed by atoms with Crippen molar-refractivity contribution in [2.45, 2.75) is 26.3 Å². The maximum absolute atomic E-state index is 12.4. The van der Waals surface area contributed by atoms with E-state index in [1.807, 2.05) is 49.4 Å². The summed E-state index contributed by atoms with van der Waals surface area (Å²) in [5.41, 5.74) is 5.64. The van der Waals surface area contributed by atoms with Crippen molar-refractivity contribution in [2.24, 2.45) is 11.0 Å². The molecular formula is C23H26N4O3. The second-order valence-electron chi connectivity index (χ2n) is 7.45. The molecule has 1 fully saturated rings. The molecule has 1 heterocycles. The second kappa shape index (κ2) is 10.5. The topological polar surface area (TPSA) is 87.8 Å². The molecule has 0 aromatic heterocycles. The van der Waals surface area contributed by atoms with Gasteiger partial charge in [-0.1, -0.05) is 48.5 Å². The van der Waals surface area contributed by atoms with E-state index in [2.05, 4.69) is 15.4 Å². The Hall–Kier alpha value is -3.32. The first-order valence-corrected chi connectivity index (χ1v) is 10.0. The number of carbonyl (C=O) groups is 1. The summed E-state index contributed by atoms with van der Waals surface area (Å²) in [6, 6.07) is 16.6. The number of likely N-dealkylation sites (tertiary alicyclic amines) is 1. The first-order chi connectivity index (χ1) is 14.5. The zero-order valence-electron chi connectivity index (χ0n) is 17.0. The van der Waals surface area contributed by atoms with E-state index in [1.165, 1.54) is 12.1 Å². The van der Waals surface area contributed by atoms with E-state index in [9.17, 15) is 14.9 Å². The molecule has 7 heteroatoms. The Bertz CT molecular complexity index is 915. The van der Waals surface area contributed by atoms with Crippen LogP contribution in [-0.4, -0.2) is 34.5 Å². The lowest BCUT2D eigenvalue weighted by Crippen LogP contribution is -2.39. The number of piperidine rings is 1. The van der Waals surface area contributed by atoms with Gasteiger partial charge in [0, 0.05) is 24.6 Å². The van der Waals surface area contributed by atoms with Crippen molar-refractivity contribution in [1.29, 1.82) is 0 Å². The number of non-ortho nitro benzene ring substituents is 1. The molecule has 0 saturated carbocycles. The summed E-state index contributed by atoms with van der Waals surface area (Å²) in [7, 11) is 0. The van der Waals surface area contributed by atoms with E-state index in [0.29, 0.717) is 0 Å². The quantitative estimate of drug-likeness (QED) is 0.427. The standard InChI is InChI=1S/C23H26N4O3/c1-18(7-8-19-5-3-2-4-6-19)24-25-23(28)21-13-15-26(16-14-21)17-20-9-11-22(12-10-20)27(29)30/h2-12,21H,13-17H2,1H3,(H,25,28). The van der Waals surface area contributed by atoms with Crippen molar-refractivity contribution in [3.05, 3.63) is 81.9 Å². The SMILES string of the molecule is CC(C=Cc1ccccc1)=NNC(=O)C1CCN(Cc2ccc([N+](=O)[O-])cc2)CC1. The van der Waals surface area contributed by atoms with Gasteiger partial charge in [0.15, 0.2) is 0 Å². The number of nitrogens with zero attached hydrogens (tertiary/aromatic N) is 3. The predicted octanol–water partition coefficient (Wildman–Crippen LogP) is 4.01. The number of hydrazone groups is 1. The van der Waals surface area contributed by atoms with Crippen molar-refractivity contribution < 1.29 is 9.72 Å². The predicted molar refractivity (Wildman–Crippen MR) is 118 cm³/mol. The molecule has 0 aliphatic carbocycles. The van der Waals surface area contributed by atoms with E-state index < -0.39 is 4.92 Å². The van der Waals surface area contributed by atoms with Crippen LogP contribution in [0.15, 0.2) is 65.8 Å². The lowest BCUT2D eigenvalue weighted by molar-refractivity contribution is -0.384. The average molecular weight is 406 g/mol. The summed E-state index contributed by atoms with van der Waals surface area (Å²) in [5, 5.41) is 14.9. The third-order valence-corrected chi connectivity index (χ3v) is 5.17. The number of nitro groups is 1. The Morgan fingerprint density at radius 3 is 2.47 bits per heavy atom. The fourth-order valence-corrected chi connectivity index (χ4v) is 3.39. The van der Waals surface area contributed by atoms with Gasteiger partial charge in [-0.15, -0.1) is 0 Å². The summed E-state index contributed by atoms with van der Waals surface area (Å²) in [5.74, 6) is -0.0924. The zero-order valence-corrected chi connectivity index (χ0v) is 17.0. The van der Waals surface area contributed by atoms with Gasteiger partial charge in [-0.2, -0.15) is 5.10 Å². The van der Waals surface area contributed by atoms with Crippen molar-refractivity contribution in [2.75, 3.05) is 13.1 Å². The van der Waals surface area contributed by atoms with Crippen LogP contribution in [0.2, 0.25) is 0 Å². The Labute approximate surface area is 176 Å². The molecular weight excluding hydrogens is 380 g/mol. The summed E-state index contributed by atoms with van der Waals surface area (Å²) in [6.07, 6.45) is 5.38. The molecule has 2 aromatic rings. The van der Waals surface area contributed by atoms with E-state index in [1.54, 1.807) is 12.1 Å². The van der Waals surface area contributed by atoms with Gasteiger partial charge in [0.1, 0.15) is 0 Å². The molecule has 1 saturated heterocycles. The lowest BCUT2D eigenvalue weighted by atomic mass is 9.96. The van der Waals surface area contributed by atoms with Gasteiger partial charge in [-0.25, -0.2) is 5.43 Å². The van der Waals surface area contributed by atoms with Crippen molar-refractivity contribution in [3.63, 3.8) is 0 Å². The van der Waals surface area contributed by atoms with Crippen LogP contribution in [0.25, 0.3) is 6.08 Å². The highest BCUT2D eigenvalue weighted by Crippen LogP contribution is 2.20. The zero-order chi connectivity index (χ0) is 21.3. The summed E-state index contributed by atoms with van der Waals surface area (Å²) in [6.45, 7) is 4.21. The number of allylic oxidation sites excluding steroid dienone is 1. The van der Waals surface area contributed by atoms with Crippen LogP contribution in [0.3, 0.4) is 0 Å². The number of nitrogens with one attached hydrogen (secondary N) is 1. The molecule has 156 valence electrons. The number of nitro benzene ring substituents is 1. The minimum atomic E-state index is -0.393. The Morgan fingerprint density at radius 2 is 1.83 bits per heavy atom. The monoisotopic (exact) mass is 406 g/mol. The number of hydrogen-bond acceptors (Lipinski definition) is 5. The molecule has 0 unspecified atom stereocenters. The van der Waals surface area contributed by atoms with E-state index >= 15 is 0 Å². The number of amides is 1. The highest BCUT2D eigenvalue weighted by molar-refractivity contribution is 5.97. The molecule has 0 radical (unpaired) electrons. The van der Waals surface area contributed by atoms with Crippen molar-refractivity contribution in [1.82, 2.24) is 10.3 Å². The van der Waals surface area contributed by atoms with Crippen LogP contribution < -0.4 is 5.43 Å². The summed E-state index contributed by atoms with van der Waals surface area (Å²) in [4.78, 5) is 25.0. The molecule has 0 spiro atoms. The van der Waals surface area contributed by atoms with Gasteiger partial charge >= 0.3 is 0 Å². The van der Waals surface area contributed by atoms with Crippen LogP contribution >= 0.6 is 0 Å². The Morgan fingerprint density at radius 1 is 1.17 bits per heavy atom. The molecule has 1 aliphatic heterocycles. The normalized spacial score (nSPS) is 16.0. The third-order valence-electron chi connectivity index (χ3n) is 5.17. The summed E-state index contributed by atoms with van der Waals surface area (Å²) < 4.78 is 0. The fourth-order valence-electron chi connectivity index (χ4n) is 3.39. The molecule has 7 nitrogen and oxygen atoms in total. The number of rotatable bonds is 7. The molecule has 2 aromatic carbocycles. The number of carbonyl (C=O) groups excluding carboxylic acids is 1. The lowest BCUT2D eigenvalue weighted by Gasteiger charge is -2.30. The Balaban J connectivity index is 1.43. The molecule has 1 amide bonds. The molecule has 3 rings (SSSR count). The van der Waals surface area contributed by atoms with E-state index in [-0.39, 0.29) is 17.5 Å². The largest absolute Gasteiger partial charge is 0.299 e. The first kappa shape index (κ1) is 21.4. The number of benzene rings is 2. The molecule has 1 N–H and O–H groups in total. The van der Waals surface area contributed by atoms with E-state index in [4.69, 9.17) is 0 Å². The fraction of sp³-hybridized carbons (Fsp3) is 0.304. The molecule has 0 atom stereocenters. The minimum absolute atomic E-state index is 0.0440. The third kappa shape index (κ3) is 6.35. The maximum Gasteiger partial charge on any atom is 0.269 e. The molecule has 30 heavy (non-hydrogen) atoms. The van der Waals surface area contributed by atoms with Crippen molar-refractivity contribution >= 4 is 23.4 Å². The van der Waals surface area contributed by atoms with Gasteiger partial charge < -0.3 is 0 Å². The van der Waals surface area contributed by atoms with Crippen LogP contribution in [0.4, 0.5) is 5.69 Å². The highest BCUT2D eigenvalue weighted by atomic mass is 16.6. The van der Waals surface area contributed by atoms with Crippen LogP contribution in [0.1, 0.15) is 30.9 Å². The van der Waals surface area contributed by atoms with Gasteiger partial charge in [-0.05, 0) is 50.1 Å². The van der Waals surface area contributed by atoms with Crippen LogP contribution in [-0.2, 0) is 11.3 Å². The molecule has 0 bridgehead atoms. The van der Waals surface area contributed by atoms with Gasteiger partial charge in [0.2, 0.25) is 5.91 Å². The second-order valence-corrected chi connectivity index (χ2v) is 7.45. The maximum atomic E-state index is 12.4. The van der Waals surface area contributed by atoms with Gasteiger partial charge in [0.05, 0.1) is 10.6 Å². The molecule has 1 aliphatic rings. The highest BCUT2D eigenvalue weighted by Gasteiger charge is 2.24. The minimum Gasteiger partial charge on any atom is -0.299 e.